The lowest BCUT2D eigenvalue weighted by atomic mass is 10.1. The van der Waals surface area contributed by atoms with E-state index in [4.69, 9.17) is 28.4 Å². The molecule has 9 aromatic rings. The van der Waals surface area contributed by atoms with E-state index in [1.165, 1.54) is 70.4 Å². The summed E-state index contributed by atoms with van der Waals surface area (Å²) < 4.78 is 226. The van der Waals surface area contributed by atoms with E-state index in [2.05, 4.69) is 35.5 Å². The molecule has 0 aliphatic carbocycles. The summed E-state index contributed by atoms with van der Waals surface area (Å²) in [6.07, 6.45) is 9.82. The van der Waals surface area contributed by atoms with E-state index in [1.807, 2.05) is 77.7 Å². The highest BCUT2D eigenvalue weighted by atomic mass is 32.2. The van der Waals surface area contributed by atoms with Crippen LogP contribution in [0.2, 0.25) is 0 Å². The molecule has 0 saturated carbocycles. The fourth-order valence-corrected chi connectivity index (χ4v) is 14.7. The number of ether oxygens (including phenoxy) is 6. The van der Waals surface area contributed by atoms with Crippen molar-refractivity contribution in [3.8, 4) is 70.0 Å². The number of halogens is 9. The topological polar surface area (TPSA) is 161 Å². The summed E-state index contributed by atoms with van der Waals surface area (Å²) in [5, 5.41) is 0. The van der Waals surface area contributed by atoms with Gasteiger partial charge in [0.15, 0.2) is 34.5 Å². The fourth-order valence-electron chi connectivity index (χ4n) is 9.60. The van der Waals surface area contributed by atoms with E-state index >= 15 is 0 Å². The van der Waals surface area contributed by atoms with Crippen LogP contribution in [0.25, 0.3) is 36.5 Å². The Kier molecular flexibility index (Phi) is 18.7. The highest BCUT2D eigenvalue weighted by molar-refractivity contribution is 7.92. The zero-order valence-electron chi connectivity index (χ0n) is 49.3. The van der Waals surface area contributed by atoms with E-state index in [-0.39, 0.29) is 39.6 Å². The second-order valence-corrected chi connectivity index (χ2v) is 29.7. The summed E-state index contributed by atoms with van der Waals surface area (Å²) in [5.74, 6) is 21.7. The minimum atomic E-state index is -5.52. The minimum Gasteiger partial charge on any atom is -0.485 e. The molecule has 97 heavy (non-hydrogen) atoms. The van der Waals surface area contributed by atoms with Crippen molar-refractivity contribution >= 4 is 117 Å². The van der Waals surface area contributed by atoms with Crippen molar-refractivity contribution in [1.82, 2.24) is 0 Å². The van der Waals surface area contributed by atoms with Crippen LogP contribution in [0, 0.1) is 35.5 Å². The number of hydrogen-bond acceptors (Lipinski definition) is 16. The van der Waals surface area contributed by atoms with Crippen molar-refractivity contribution < 1.29 is 93.2 Å². The summed E-state index contributed by atoms with van der Waals surface area (Å²) >= 11 is 3.79. The van der Waals surface area contributed by atoms with E-state index < -0.39 is 60.7 Å². The number of rotatable bonds is 12. The van der Waals surface area contributed by atoms with Gasteiger partial charge < -0.3 is 33.3 Å². The molecule has 0 fully saturated rings. The van der Waals surface area contributed by atoms with Gasteiger partial charge in [-0.1, -0.05) is 72.4 Å². The Balaban J connectivity index is 0.819. The van der Waals surface area contributed by atoms with Crippen molar-refractivity contribution in [2.75, 3.05) is 44.5 Å². The SMILES string of the molecule is O=S(=O)(c1ccc(/C=C/c2sc(C#Cc3ccc(N(c4ccc(C#Cc5sc(/C=C/c6ccc(S(=O)(=O)C(F)(F)F)cc6)c6c5OCCO6)cc4)c4ccc(C#Cc5sc(/C=C/c6ccc(S(=O)(=O)C(F)(F)F)cc6)c6c5OCCO6)cc4)cc3)c3c2OCCO3)cc1)C(F)(F)F. The van der Waals surface area contributed by atoms with Gasteiger partial charge in [0.05, 0.1) is 29.3 Å². The van der Waals surface area contributed by atoms with Gasteiger partial charge in [-0.15, -0.1) is 34.0 Å². The molecule has 0 amide bonds. The number of fused-ring (bicyclic) bond motifs is 3. The van der Waals surface area contributed by atoms with Crippen LogP contribution >= 0.6 is 34.0 Å². The molecule has 494 valence electrons. The van der Waals surface area contributed by atoms with Gasteiger partial charge in [0.25, 0.3) is 29.5 Å². The zero-order chi connectivity index (χ0) is 68.5. The molecule has 0 radical (unpaired) electrons. The predicted molar refractivity (Wildman–Crippen MR) is 351 cm³/mol. The van der Waals surface area contributed by atoms with E-state index in [1.54, 1.807) is 36.5 Å². The van der Waals surface area contributed by atoms with Crippen molar-refractivity contribution in [3.63, 3.8) is 0 Å². The molecule has 12 rings (SSSR count). The van der Waals surface area contributed by atoms with E-state index in [9.17, 15) is 64.8 Å². The minimum absolute atomic E-state index is 0.252. The summed E-state index contributed by atoms with van der Waals surface area (Å²) in [7, 11) is -16.6. The zero-order valence-corrected chi connectivity index (χ0v) is 54.2. The van der Waals surface area contributed by atoms with Gasteiger partial charge in [-0.25, -0.2) is 25.3 Å². The lowest BCUT2D eigenvalue weighted by Crippen LogP contribution is -2.23. The van der Waals surface area contributed by atoms with Crippen LogP contribution < -0.4 is 33.3 Å². The van der Waals surface area contributed by atoms with Crippen molar-refractivity contribution in [3.05, 3.63) is 208 Å². The van der Waals surface area contributed by atoms with Crippen LogP contribution in [0.5, 0.6) is 34.5 Å². The first-order chi connectivity index (χ1) is 46.2. The number of nitrogens with zero attached hydrogens (tertiary/aromatic N) is 1. The molecule has 3 aliphatic heterocycles. The van der Waals surface area contributed by atoms with E-state index in [0.29, 0.717) is 97.1 Å². The Hall–Kier alpha value is -9.86. The highest BCUT2D eigenvalue weighted by Crippen LogP contribution is 2.48. The van der Waals surface area contributed by atoms with Crippen LogP contribution in [0.1, 0.15) is 62.6 Å². The molecule has 0 atom stereocenters. The van der Waals surface area contributed by atoms with Crippen LogP contribution in [-0.4, -0.2) is 81.4 Å². The smallest absolute Gasteiger partial charge is 0.485 e. The number of benzene rings is 6. The molecule has 0 bridgehead atoms. The Labute approximate surface area is 560 Å². The third-order valence-corrected chi connectivity index (χ3v) is 22.0. The average molecular weight is 1440 g/mol. The lowest BCUT2D eigenvalue weighted by Gasteiger charge is -2.25. The van der Waals surface area contributed by atoms with Crippen LogP contribution in [0.15, 0.2) is 160 Å². The molecule has 13 nitrogen and oxygen atoms in total. The highest BCUT2D eigenvalue weighted by Gasteiger charge is 2.48. The third-order valence-electron chi connectivity index (χ3n) is 14.4. The number of sulfone groups is 3. The molecule has 0 unspecified atom stereocenters. The first kappa shape index (κ1) is 67.1. The normalized spacial score (nSPS) is 13.9. The number of thiophene rings is 3. The fraction of sp³-hybridized carbons (Fsp3) is 0.130. The Morgan fingerprint density at radius 3 is 0.763 bits per heavy atom. The predicted octanol–water partition coefficient (Wildman–Crippen LogP) is 16.2. The summed E-state index contributed by atoms with van der Waals surface area (Å²) in [5.41, 5.74) is -11.0. The Morgan fingerprint density at radius 2 is 0.536 bits per heavy atom. The van der Waals surface area contributed by atoms with Gasteiger partial charge in [0.1, 0.15) is 54.3 Å². The largest absolute Gasteiger partial charge is 0.501 e. The van der Waals surface area contributed by atoms with Crippen molar-refractivity contribution in [2.24, 2.45) is 0 Å². The summed E-state index contributed by atoms with van der Waals surface area (Å²) in [6, 6.07) is 35.2. The molecule has 6 aromatic carbocycles. The molecule has 0 saturated heterocycles. The second kappa shape index (κ2) is 27.0. The monoisotopic (exact) mass is 1440 g/mol. The van der Waals surface area contributed by atoms with Crippen molar-refractivity contribution in [2.45, 2.75) is 31.2 Å². The first-order valence-electron chi connectivity index (χ1n) is 28.4. The second-order valence-electron chi connectivity index (χ2n) is 20.7. The van der Waals surface area contributed by atoms with Gasteiger partial charge in [-0.05, 0) is 162 Å². The average Bonchev–Trinajstić information content (AvgIpc) is 1.71. The molecule has 28 heteroatoms. The maximum atomic E-state index is 13.2. The van der Waals surface area contributed by atoms with E-state index in [0.717, 1.165) is 53.5 Å². The van der Waals surface area contributed by atoms with Gasteiger partial charge in [0.2, 0.25) is 0 Å². The molecule has 3 aliphatic rings. The summed E-state index contributed by atoms with van der Waals surface area (Å²) in [4.78, 5) is 2.81. The number of alkyl halides is 9. The summed E-state index contributed by atoms with van der Waals surface area (Å²) in [6.45, 7) is 1.52. The van der Waals surface area contributed by atoms with Crippen LogP contribution in [0.4, 0.5) is 56.6 Å². The van der Waals surface area contributed by atoms with Gasteiger partial charge in [-0.3, -0.25) is 0 Å². The lowest BCUT2D eigenvalue weighted by molar-refractivity contribution is -0.0442. The molecule has 0 N–H and O–H groups in total. The van der Waals surface area contributed by atoms with Gasteiger partial charge in [0, 0.05) is 33.8 Å². The van der Waals surface area contributed by atoms with Crippen molar-refractivity contribution in [1.29, 1.82) is 0 Å². The van der Waals surface area contributed by atoms with Gasteiger partial charge >= 0.3 is 16.5 Å². The Morgan fingerprint density at radius 1 is 0.309 bits per heavy atom. The van der Waals surface area contributed by atoms with Crippen LogP contribution in [-0.2, 0) is 29.5 Å². The third kappa shape index (κ3) is 14.4. The standard InChI is InChI=1S/C69H42F9NO12S6/c70-67(71,72)95(80,81)52-25-7-46(8-26-52)16-34-58-64-61(86-37-40-89-64)55(92-58)31-13-43-1-19-49(20-2-43)79(50-21-3-44(4-22-50)14-32-56-62-65(90-41-38-87-62)59(93-56)35-17-47-9-27-53(28-10-47)96(82,83)68(73,74)75)51-23-5-45(6-24-51)15-33-57-63-66(91-42-39-88-63)60(94-57)36-18-48-11-29-54(30-12-48)97(84,85)69(76,77)78/h1-12,16-30,34-36H,37-42H2/b34-16+,35-17+,36-18+. The molecule has 3 aromatic heterocycles. The maximum absolute atomic E-state index is 13.2. The number of anilines is 3. The quantitative estimate of drug-likeness (QED) is 0.0840. The first-order valence-corrected chi connectivity index (χ1v) is 35.3. The number of hydrogen-bond donors (Lipinski definition) is 0. The molecular formula is C69H42F9NO12S6. The Bertz CT molecular complexity index is 4640. The molecule has 0 spiro atoms. The van der Waals surface area contributed by atoms with Gasteiger partial charge in [-0.2, -0.15) is 39.5 Å². The van der Waals surface area contributed by atoms with Crippen LogP contribution in [0.3, 0.4) is 0 Å². The molecule has 6 heterocycles. The maximum Gasteiger partial charge on any atom is 0.501 e. The molecular weight excluding hydrogens is 1400 g/mol.